The van der Waals surface area contributed by atoms with E-state index in [1.165, 1.54) is 4.68 Å². The fraction of sp³-hybridized carbons (Fsp3) is 0. The average Bonchev–Trinajstić information content (AvgIpc) is 3.14. The molecule has 0 amide bonds. The van der Waals surface area contributed by atoms with Crippen molar-refractivity contribution in [3.05, 3.63) is 66.1 Å². The van der Waals surface area contributed by atoms with Gasteiger partial charge in [-0.1, -0.05) is 18.2 Å². The normalized spacial score (nSPS) is 10.2. The van der Waals surface area contributed by atoms with E-state index in [0.717, 1.165) is 0 Å². The molecule has 3 aromatic rings. The molecule has 0 saturated carbocycles. The minimum atomic E-state index is -1.23. The van der Waals surface area contributed by atoms with Crippen molar-refractivity contribution < 1.29 is 9.90 Å². The molecule has 0 atom stereocenters. The Morgan fingerprint density at radius 3 is 2.38 bits per heavy atom. The Kier molecular flexibility index (Phi) is 3.01. The Morgan fingerprint density at radius 1 is 1.14 bits per heavy atom. The number of carboxylic acids is 1. The number of benzene rings is 1. The van der Waals surface area contributed by atoms with E-state index in [0.29, 0.717) is 11.5 Å². The lowest BCUT2D eigenvalue weighted by atomic mass is 10.2. The zero-order chi connectivity index (χ0) is 14.8. The number of para-hydroxylation sites is 1. The zero-order valence-corrected chi connectivity index (χ0v) is 10.8. The van der Waals surface area contributed by atoms with Crippen molar-refractivity contribution in [1.82, 2.24) is 14.3 Å². The Balaban J connectivity index is 2.34. The van der Waals surface area contributed by atoms with Crippen LogP contribution in [-0.2, 0) is 0 Å². The van der Waals surface area contributed by atoms with Gasteiger partial charge >= 0.3 is 5.97 Å². The number of nitrogens with zero attached hydrogens (tertiary/aromatic N) is 4. The van der Waals surface area contributed by atoms with E-state index in [1.807, 2.05) is 24.3 Å². The van der Waals surface area contributed by atoms with Gasteiger partial charge in [-0.2, -0.15) is 10.4 Å². The molecule has 2 aromatic heterocycles. The maximum atomic E-state index is 11.3. The third-order valence-corrected chi connectivity index (χ3v) is 3.03. The summed E-state index contributed by atoms with van der Waals surface area (Å²) in [6.45, 7) is 0. The predicted octanol–water partition coefficient (Wildman–Crippen LogP) is 2.23. The van der Waals surface area contributed by atoms with Crippen molar-refractivity contribution in [1.29, 1.82) is 5.26 Å². The predicted molar refractivity (Wildman–Crippen MR) is 74.6 cm³/mol. The molecule has 102 valence electrons. The fourth-order valence-electron chi connectivity index (χ4n) is 2.13. The number of hydrogen-bond donors (Lipinski definition) is 1. The zero-order valence-electron chi connectivity index (χ0n) is 10.8. The Morgan fingerprint density at radius 2 is 1.81 bits per heavy atom. The Bertz CT molecular complexity index is 827. The quantitative estimate of drug-likeness (QED) is 0.796. The van der Waals surface area contributed by atoms with Gasteiger partial charge in [-0.3, -0.25) is 0 Å². The molecule has 0 aliphatic rings. The van der Waals surface area contributed by atoms with Crippen LogP contribution in [0.25, 0.3) is 11.5 Å². The molecule has 6 heteroatoms. The largest absolute Gasteiger partial charge is 0.476 e. The highest BCUT2D eigenvalue weighted by Crippen LogP contribution is 2.22. The van der Waals surface area contributed by atoms with Gasteiger partial charge in [0.15, 0.2) is 11.5 Å². The fourth-order valence-corrected chi connectivity index (χ4v) is 2.13. The number of carbonyl (C=O) groups is 1. The maximum Gasteiger partial charge on any atom is 0.357 e. The van der Waals surface area contributed by atoms with Crippen LogP contribution in [0.3, 0.4) is 0 Å². The average molecular weight is 278 g/mol. The van der Waals surface area contributed by atoms with Gasteiger partial charge in [-0.15, -0.1) is 0 Å². The summed E-state index contributed by atoms with van der Waals surface area (Å²) < 4.78 is 3.13. The second-order valence-corrected chi connectivity index (χ2v) is 4.30. The minimum Gasteiger partial charge on any atom is -0.476 e. The van der Waals surface area contributed by atoms with Crippen LogP contribution in [0.5, 0.6) is 0 Å². The molecule has 0 bridgehead atoms. The second kappa shape index (κ2) is 4.98. The molecule has 1 aromatic carbocycles. The number of rotatable bonds is 3. The first-order chi connectivity index (χ1) is 10.2. The van der Waals surface area contributed by atoms with Crippen LogP contribution in [0.2, 0.25) is 0 Å². The van der Waals surface area contributed by atoms with E-state index >= 15 is 0 Å². The molecule has 21 heavy (non-hydrogen) atoms. The highest BCUT2D eigenvalue weighted by molar-refractivity contribution is 5.89. The lowest BCUT2D eigenvalue weighted by molar-refractivity contribution is 0.0689. The number of aromatic carboxylic acids is 1. The highest BCUT2D eigenvalue weighted by atomic mass is 16.4. The molecule has 0 unspecified atom stereocenters. The van der Waals surface area contributed by atoms with Crippen molar-refractivity contribution in [2.24, 2.45) is 0 Å². The summed E-state index contributed by atoms with van der Waals surface area (Å²) in [6.07, 6.45) is 3.48. The summed E-state index contributed by atoms with van der Waals surface area (Å²) in [5.74, 6) is -0.819. The highest BCUT2D eigenvalue weighted by Gasteiger charge is 2.24. The van der Waals surface area contributed by atoms with E-state index in [2.05, 4.69) is 5.10 Å². The summed E-state index contributed by atoms with van der Waals surface area (Å²) in [7, 11) is 0. The van der Waals surface area contributed by atoms with Crippen LogP contribution >= 0.6 is 0 Å². The van der Waals surface area contributed by atoms with Gasteiger partial charge in [-0.25, -0.2) is 9.48 Å². The molecule has 0 fully saturated rings. The summed E-state index contributed by atoms with van der Waals surface area (Å²) in [5, 5.41) is 22.7. The van der Waals surface area contributed by atoms with Crippen LogP contribution in [0.1, 0.15) is 16.1 Å². The van der Waals surface area contributed by atoms with Crippen molar-refractivity contribution in [2.75, 3.05) is 0 Å². The van der Waals surface area contributed by atoms with Crippen LogP contribution < -0.4 is 0 Å². The van der Waals surface area contributed by atoms with Crippen LogP contribution in [0, 0.1) is 11.3 Å². The van der Waals surface area contributed by atoms with Gasteiger partial charge in [-0.05, 0) is 24.3 Å². The van der Waals surface area contributed by atoms with Crippen molar-refractivity contribution in [2.45, 2.75) is 0 Å². The molecule has 0 aliphatic carbocycles. The van der Waals surface area contributed by atoms with Gasteiger partial charge < -0.3 is 9.67 Å². The van der Waals surface area contributed by atoms with Gasteiger partial charge in [0, 0.05) is 12.4 Å². The number of aromatic nitrogens is 3. The van der Waals surface area contributed by atoms with Crippen LogP contribution in [0.15, 0.2) is 54.9 Å². The summed E-state index contributed by atoms with van der Waals surface area (Å²) >= 11 is 0. The monoisotopic (exact) mass is 278 g/mol. The molecular formula is C15H10N4O2. The van der Waals surface area contributed by atoms with Crippen LogP contribution in [-0.4, -0.2) is 25.4 Å². The van der Waals surface area contributed by atoms with E-state index in [1.54, 1.807) is 41.2 Å². The number of nitriles is 1. The molecule has 0 saturated heterocycles. The molecule has 0 aliphatic heterocycles. The van der Waals surface area contributed by atoms with Crippen LogP contribution in [0.4, 0.5) is 0 Å². The minimum absolute atomic E-state index is 0.0301. The molecular weight excluding hydrogens is 268 g/mol. The van der Waals surface area contributed by atoms with Gasteiger partial charge in [0.05, 0.1) is 5.69 Å². The SMILES string of the molecule is N#Cc1c(C(=O)O)nn(-c2ccccc2)c1-n1cccc1. The Hall–Kier alpha value is -3.33. The first-order valence-corrected chi connectivity index (χ1v) is 6.17. The first kappa shape index (κ1) is 12.7. The smallest absolute Gasteiger partial charge is 0.357 e. The van der Waals surface area contributed by atoms with Gasteiger partial charge in [0.1, 0.15) is 11.6 Å². The Labute approximate surface area is 120 Å². The van der Waals surface area contributed by atoms with Gasteiger partial charge in [0.25, 0.3) is 0 Å². The number of carboxylic acid groups (broad SMARTS) is 1. The molecule has 2 heterocycles. The molecule has 0 spiro atoms. The third kappa shape index (κ3) is 2.07. The topological polar surface area (TPSA) is 83.8 Å². The molecule has 0 radical (unpaired) electrons. The molecule has 1 N–H and O–H groups in total. The molecule has 3 rings (SSSR count). The van der Waals surface area contributed by atoms with Crippen molar-refractivity contribution >= 4 is 5.97 Å². The van der Waals surface area contributed by atoms with E-state index in [-0.39, 0.29) is 11.3 Å². The molecule has 6 nitrogen and oxygen atoms in total. The standard InChI is InChI=1S/C15H10N4O2/c16-10-12-13(15(20)21)17-19(11-6-2-1-3-7-11)14(12)18-8-4-5-9-18/h1-9H,(H,20,21). The van der Waals surface area contributed by atoms with Crippen molar-refractivity contribution in [3.63, 3.8) is 0 Å². The lowest BCUT2D eigenvalue weighted by Crippen LogP contribution is -2.05. The summed E-state index contributed by atoms with van der Waals surface area (Å²) in [5.41, 5.74) is 0.456. The van der Waals surface area contributed by atoms with Crippen molar-refractivity contribution in [3.8, 4) is 17.6 Å². The van der Waals surface area contributed by atoms with Gasteiger partial charge in [0.2, 0.25) is 0 Å². The van der Waals surface area contributed by atoms with E-state index < -0.39 is 5.97 Å². The summed E-state index contributed by atoms with van der Waals surface area (Å²) in [6, 6.07) is 14.6. The maximum absolute atomic E-state index is 11.3. The second-order valence-electron chi connectivity index (χ2n) is 4.30. The first-order valence-electron chi connectivity index (χ1n) is 6.17. The number of hydrogen-bond acceptors (Lipinski definition) is 3. The van der Waals surface area contributed by atoms with E-state index in [9.17, 15) is 15.2 Å². The summed E-state index contributed by atoms with van der Waals surface area (Å²) in [4.78, 5) is 11.3. The lowest BCUT2D eigenvalue weighted by Gasteiger charge is -2.08. The van der Waals surface area contributed by atoms with E-state index in [4.69, 9.17) is 0 Å². The third-order valence-electron chi connectivity index (χ3n) is 3.03.